The summed E-state index contributed by atoms with van der Waals surface area (Å²) in [5.41, 5.74) is 7.08. The van der Waals surface area contributed by atoms with Crippen LogP contribution in [-0.2, 0) is 9.53 Å². The van der Waals surface area contributed by atoms with Crippen molar-refractivity contribution in [1.29, 1.82) is 0 Å². The zero-order valence-corrected chi connectivity index (χ0v) is 21.4. The first kappa shape index (κ1) is 23.7. The summed E-state index contributed by atoms with van der Waals surface area (Å²) < 4.78 is 5.55. The molecule has 1 atom stereocenters. The molecule has 2 aromatic rings. The lowest BCUT2D eigenvalue weighted by molar-refractivity contribution is -0.135. The third-order valence-corrected chi connectivity index (χ3v) is 7.74. The Hall–Kier alpha value is -2.99. The Labute approximate surface area is 211 Å². The van der Waals surface area contributed by atoms with Gasteiger partial charge in [0.15, 0.2) is 0 Å². The van der Waals surface area contributed by atoms with Gasteiger partial charge in [0, 0.05) is 18.8 Å². The lowest BCUT2D eigenvalue weighted by atomic mass is 9.86. The van der Waals surface area contributed by atoms with E-state index in [9.17, 15) is 9.59 Å². The first-order valence-electron chi connectivity index (χ1n) is 12.3. The van der Waals surface area contributed by atoms with Gasteiger partial charge in [0.05, 0.1) is 5.88 Å². The van der Waals surface area contributed by atoms with Gasteiger partial charge < -0.3 is 9.64 Å². The molecular weight excluding hydrogens is 456 g/mol. The number of thioether (sulfide) groups is 1. The molecule has 2 saturated heterocycles. The maximum Gasteiger partial charge on any atom is 0.411 e. The largest absolute Gasteiger partial charge is 0.444 e. The molecule has 3 aliphatic rings. The van der Waals surface area contributed by atoms with E-state index in [2.05, 4.69) is 60.7 Å². The van der Waals surface area contributed by atoms with Crippen LogP contribution in [0.1, 0.15) is 55.9 Å². The summed E-state index contributed by atoms with van der Waals surface area (Å²) in [5, 5.41) is 0. The average Bonchev–Trinajstić information content (AvgIpc) is 3.27. The summed E-state index contributed by atoms with van der Waals surface area (Å²) in [5.74, 6) is 1.15. The minimum Gasteiger partial charge on any atom is -0.444 e. The van der Waals surface area contributed by atoms with Crippen LogP contribution < -0.4 is 0 Å². The van der Waals surface area contributed by atoms with E-state index in [0.29, 0.717) is 24.7 Å². The van der Waals surface area contributed by atoms with E-state index in [4.69, 9.17) is 4.74 Å². The van der Waals surface area contributed by atoms with Crippen molar-refractivity contribution in [3.05, 3.63) is 76.4 Å². The molecule has 1 unspecified atom stereocenters. The number of piperidine rings is 1. The third-order valence-electron chi connectivity index (χ3n) is 6.73. The fraction of sp³-hybridized carbons (Fsp3) is 0.379. The first-order chi connectivity index (χ1) is 16.8. The molecule has 2 aromatic carbocycles. The molecule has 0 N–H and O–H groups in total. The molecule has 0 spiro atoms. The van der Waals surface area contributed by atoms with Crippen LogP contribution in [0.2, 0.25) is 0 Å². The van der Waals surface area contributed by atoms with Gasteiger partial charge in [-0.15, -0.1) is 11.8 Å². The highest BCUT2D eigenvalue weighted by Gasteiger charge is 2.39. The number of hydrogen-bond acceptors (Lipinski definition) is 4. The summed E-state index contributed by atoms with van der Waals surface area (Å²) in [6.07, 6.45) is 5.65. The van der Waals surface area contributed by atoms with Gasteiger partial charge in [-0.25, -0.2) is 4.79 Å². The molecule has 0 bridgehead atoms. The number of carbonyl (C=O) groups excluding carboxylic acids is 2. The maximum atomic E-state index is 13.5. The summed E-state index contributed by atoms with van der Waals surface area (Å²) >= 11 is 1.61. The van der Waals surface area contributed by atoms with Gasteiger partial charge in [-0.3, -0.25) is 9.69 Å². The molecule has 6 heteroatoms. The number of hydrogen-bond donors (Lipinski definition) is 0. The second-order valence-electron chi connectivity index (χ2n) is 10.3. The van der Waals surface area contributed by atoms with Crippen LogP contribution in [0, 0.1) is 0 Å². The Balaban J connectivity index is 1.37. The Bertz CT molecular complexity index is 1150. The lowest BCUT2D eigenvalue weighted by Gasteiger charge is -2.34. The Kier molecular flexibility index (Phi) is 6.49. The van der Waals surface area contributed by atoms with E-state index in [1.807, 2.05) is 25.7 Å². The molecule has 2 heterocycles. The molecule has 5 rings (SSSR count). The van der Waals surface area contributed by atoms with Gasteiger partial charge in [0.2, 0.25) is 5.91 Å². The quantitative estimate of drug-likeness (QED) is 0.428. The van der Waals surface area contributed by atoms with Crippen LogP contribution in [0.4, 0.5) is 4.79 Å². The van der Waals surface area contributed by atoms with Gasteiger partial charge in [-0.1, -0.05) is 66.3 Å². The van der Waals surface area contributed by atoms with E-state index in [1.165, 1.54) is 33.4 Å². The molecule has 0 radical (unpaired) electrons. The number of amides is 2. The number of rotatable bonds is 1. The monoisotopic (exact) mass is 488 g/mol. The van der Waals surface area contributed by atoms with Crippen molar-refractivity contribution in [2.45, 2.75) is 45.3 Å². The molecule has 2 aliphatic heterocycles. The fourth-order valence-electron chi connectivity index (χ4n) is 5.05. The highest BCUT2D eigenvalue weighted by molar-refractivity contribution is 7.99. The van der Waals surface area contributed by atoms with Crippen LogP contribution in [0.25, 0.3) is 17.7 Å². The molecule has 182 valence electrons. The van der Waals surface area contributed by atoms with Gasteiger partial charge in [-0.2, -0.15) is 0 Å². The summed E-state index contributed by atoms with van der Waals surface area (Å²) in [6, 6.07) is 16.7. The molecule has 2 fully saturated rings. The van der Waals surface area contributed by atoms with Crippen molar-refractivity contribution < 1.29 is 14.3 Å². The predicted molar refractivity (Wildman–Crippen MR) is 143 cm³/mol. The smallest absolute Gasteiger partial charge is 0.411 e. The fourth-order valence-corrected chi connectivity index (χ4v) is 6.18. The van der Waals surface area contributed by atoms with E-state index >= 15 is 0 Å². The number of nitrogens with zero attached hydrogens (tertiary/aromatic N) is 2. The van der Waals surface area contributed by atoms with Gasteiger partial charge >= 0.3 is 6.09 Å². The minimum atomic E-state index is -0.579. The Morgan fingerprint density at radius 1 is 0.914 bits per heavy atom. The topological polar surface area (TPSA) is 49.9 Å². The van der Waals surface area contributed by atoms with Crippen LogP contribution in [0.3, 0.4) is 0 Å². The van der Waals surface area contributed by atoms with E-state index in [0.717, 1.165) is 12.8 Å². The van der Waals surface area contributed by atoms with Gasteiger partial charge in [0.25, 0.3) is 0 Å². The molecule has 0 aromatic heterocycles. The third kappa shape index (κ3) is 4.90. The molecule has 5 nitrogen and oxygen atoms in total. The van der Waals surface area contributed by atoms with E-state index < -0.39 is 17.7 Å². The first-order valence-corrected chi connectivity index (χ1v) is 13.4. The molecule has 2 amide bonds. The van der Waals surface area contributed by atoms with Crippen LogP contribution in [0.15, 0.2) is 54.1 Å². The second kappa shape index (κ2) is 9.57. The van der Waals surface area contributed by atoms with Crippen molar-refractivity contribution in [2.24, 2.45) is 0 Å². The second-order valence-corrected chi connectivity index (χ2v) is 11.3. The van der Waals surface area contributed by atoms with Crippen molar-refractivity contribution in [2.75, 3.05) is 24.7 Å². The molecule has 35 heavy (non-hydrogen) atoms. The van der Waals surface area contributed by atoms with Gasteiger partial charge in [-0.05, 0) is 61.4 Å². The van der Waals surface area contributed by atoms with E-state index in [-0.39, 0.29) is 5.91 Å². The summed E-state index contributed by atoms with van der Waals surface area (Å²) in [7, 11) is 0. The standard InChI is InChI=1S/C29H32N2O3S/c1-29(2,3)34-28(33)31-19-35-18-25(31)27(32)30-16-14-22(15-17-30)26-23-10-6-4-8-20(23)12-13-21-9-5-7-11-24(21)26/h4-13,25H,14-19H2,1-3H3. The Morgan fingerprint density at radius 3 is 2.06 bits per heavy atom. The van der Waals surface area contributed by atoms with Crippen molar-refractivity contribution in [3.8, 4) is 0 Å². The van der Waals surface area contributed by atoms with Crippen LogP contribution in [0.5, 0.6) is 0 Å². The van der Waals surface area contributed by atoms with Crippen LogP contribution in [-0.4, -0.2) is 58.2 Å². The number of ether oxygens (including phenoxy) is 1. The number of benzene rings is 2. The van der Waals surface area contributed by atoms with Crippen molar-refractivity contribution in [3.63, 3.8) is 0 Å². The summed E-state index contributed by atoms with van der Waals surface area (Å²) in [6.45, 7) is 6.88. The van der Waals surface area contributed by atoms with Crippen LogP contribution >= 0.6 is 11.8 Å². The number of likely N-dealkylation sites (tertiary alicyclic amines) is 1. The summed E-state index contributed by atoms with van der Waals surface area (Å²) in [4.78, 5) is 29.7. The normalized spacial score (nSPS) is 19.8. The molecule has 1 aliphatic carbocycles. The number of carbonyl (C=O) groups is 2. The Morgan fingerprint density at radius 2 is 1.49 bits per heavy atom. The van der Waals surface area contributed by atoms with Crippen molar-refractivity contribution in [1.82, 2.24) is 9.80 Å². The van der Waals surface area contributed by atoms with Gasteiger partial charge in [0.1, 0.15) is 11.6 Å². The molecular formula is C29H32N2O3S. The maximum absolute atomic E-state index is 13.5. The highest BCUT2D eigenvalue weighted by Crippen LogP contribution is 2.39. The zero-order valence-electron chi connectivity index (χ0n) is 20.6. The number of fused-ring (bicyclic) bond motifs is 2. The molecule has 0 saturated carbocycles. The van der Waals surface area contributed by atoms with Crippen molar-refractivity contribution >= 4 is 41.5 Å². The predicted octanol–water partition coefficient (Wildman–Crippen LogP) is 5.90. The average molecular weight is 489 g/mol. The lowest BCUT2D eigenvalue weighted by Crippen LogP contribution is -2.51. The van der Waals surface area contributed by atoms with E-state index in [1.54, 1.807) is 16.7 Å². The highest BCUT2D eigenvalue weighted by atomic mass is 32.2. The zero-order chi connectivity index (χ0) is 24.6. The SMILES string of the molecule is CC(C)(C)OC(=O)N1CSCC1C(=O)N1CCC(=C2c3ccccc3C=Cc3ccccc32)CC1. The minimum absolute atomic E-state index is 0.0354.